The summed E-state index contributed by atoms with van der Waals surface area (Å²) in [5.74, 6) is -0.472. The van der Waals surface area contributed by atoms with Crippen LogP contribution < -0.4 is 26.6 Å². The molecule has 11 unspecified atom stereocenters. The van der Waals surface area contributed by atoms with E-state index in [-0.39, 0.29) is 60.2 Å². The molecular formula is C42H69N6O5+. The molecule has 6 rings (SSSR count). The molecule has 1 aliphatic carbocycles. The average Bonchev–Trinajstić information content (AvgIpc) is 3.80. The molecule has 9 N–H and O–H groups in total. The number of carbonyl (C=O) groups is 2. The lowest BCUT2D eigenvalue weighted by atomic mass is 9.71. The van der Waals surface area contributed by atoms with Crippen molar-refractivity contribution in [2.24, 2.45) is 28.0 Å². The Labute approximate surface area is 317 Å². The minimum atomic E-state index is -1.34. The Bertz CT molecular complexity index is 1400. The standard InChI is InChI=1S/C42H68N6O5/c1-29-37(50)23-36(48-17-16-44-28-48)35(46-29)22-33(10-18-49)32-9-6-13-41(11-3-4-12-41)14-15-42(53,26-39(51)52)27-45-40(2)24-34(47-38(43)25-40)21-31-8-5-7-30(19-31)20-32/h5,7-8,16,18-19,29,32-38,45-47,50,53H,3-4,6,9-15,17,20-28,43H2,1-2H3,(H,51,52)/p+1. The van der Waals surface area contributed by atoms with Crippen LogP contribution in [0.5, 0.6) is 0 Å². The van der Waals surface area contributed by atoms with Crippen molar-refractivity contribution in [3.05, 3.63) is 35.4 Å². The topological polar surface area (TPSA) is 174 Å². The van der Waals surface area contributed by atoms with Crippen LogP contribution in [0.25, 0.3) is 0 Å². The van der Waals surface area contributed by atoms with Crippen molar-refractivity contribution in [2.45, 2.75) is 171 Å². The highest BCUT2D eigenvalue weighted by Crippen LogP contribution is 2.48. The van der Waals surface area contributed by atoms with Gasteiger partial charge in [0.1, 0.15) is 18.9 Å². The molecule has 4 heterocycles. The average molecular weight is 738 g/mol. The second-order valence-corrected chi connectivity index (χ2v) is 18.4. The first-order valence-corrected chi connectivity index (χ1v) is 20.8. The highest BCUT2D eigenvalue weighted by molar-refractivity contribution is 5.68. The smallest absolute Gasteiger partial charge is 0.306 e. The third-order valence-corrected chi connectivity index (χ3v) is 14.1. The Hall–Kier alpha value is -2.25. The maximum atomic E-state index is 12.4. The van der Waals surface area contributed by atoms with Crippen molar-refractivity contribution in [3.8, 4) is 0 Å². The molecule has 11 atom stereocenters. The number of aliphatic hydroxyl groups excluding tert-OH is 1. The van der Waals surface area contributed by atoms with Crippen LogP contribution in [0.4, 0.5) is 0 Å². The Morgan fingerprint density at radius 1 is 1.09 bits per heavy atom. The fourth-order valence-corrected chi connectivity index (χ4v) is 11.2. The number of hydrogen-bond acceptors (Lipinski definition) is 9. The van der Waals surface area contributed by atoms with Crippen molar-refractivity contribution in [1.29, 1.82) is 0 Å². The predicted molar refractivity (Wildman–Crippen MR) is 208 cm³/mol. The summed E-state index contributed by atoms with van der Waals surface area (Å²) in [5, 5.41) is 43.8. The first kappa shape index (κ1) is 40.4. The van der Waals surface area contributed by atoms with Gasteiger partial charge >= 0.3 is 5.97 Å². The maximum Gasteiger partial charge on any atom is 0.306 e. The monoisotopic (exact) mass is 738 g/mol. The molecule has 1 aromatic carbocycles. The number of aliphatic carboxylic acids is 1. The number of fused-ring (bicyclic) bond motifs is 4. The summed E-state index contributed by atoms with van der Waals surface area (Å²) in [4.78, 5) is 30.5. The third kappa shape index (κ3) is 10.7. The maximum absolute atomic E-state index is 12.4. The van der Waals surface area contributed by atoms with E-state index in [2.05, 4.69) is 59.1 Å². The molecule has 3 fully saturated rings. The molecule has 1 spiro atoms. The number of nitrogens with zero attached hydrogens (tertiary/aromatic N) is 1. The summed E-state index contributed by atoms with van der Waals surface area (Å²) in [6.45, 7) is 6.08. The van der Waals surface area contributed by atoms with Gasteiger partial charge in [0.05, 0.1) is 36.5 Å². The van der Waals surface area contributed by atoms with Gasteiger partial charge in [0.25, 0.3) is 0 Å². The van der Waals surface area contributed by atoms with Crippen molar-refractivity contribution in [2.75, 3.05) is 19.8 Å². The quantitative estimate of drug-likeness (QED) is 0.187. The van der Waals surface area contributed by atoms with Crippen LogP contribution in [0.3, 0.4) is 0 Å². The number of aldehydes is 1. The van der Waals surface area contributed by atoms with Crippen molar-refractivity contribution < 1.29 is 29.8 Å². The van der Waals surface area contributed by atoms with Crippen LogP contribution in [0.15, 0.2) is 29.3 Å². The van der Waals surface area contributed by atoms with E-state index in [1.54, 1.807) is 0 Å². The number of piperidine rings is 2. The summed E-state index contributed by atoms with van der Waals surface area (Å²) in [6, 6.07) is 9.54. The lowest BCUT2D eigenvalue weighted by Gasteiger charge is -2.45. The van der Waals surface area contributed by atoms with Crippen LogP contribution in [0, 0.1) is 17.3 Å². The Kier molecular flexibility index (Phi) is 13.5. The number of carboxylic acids is 1. The number of rotatable bonds is 8. The molecule has 4 aliphatic heterocycles. The fourth-order valence-electron chi connectivity index (χ4n) is 11.2. The van der Waals surface area contributed by atoms with Crippen LogP contribution in [0.2, 0.25) is 0 Å². The van der Waals surface area contributed by atoms with Crippen LogP contribution >= 0.6 is 0 Å². The molecule has 2 saturated heterocycles. The summed E-state index contributed by atoms with van der Waals surface area (Å²) in [5.41, 5.74) is 7.57. The highest BCUT2D eigenvalue weighted by Gasteiger charge is 2.44. The van der Waals surface area contributed by atoms with E-state index in [1.165, 1.54) is 28.9 Å². The number of nitrogens with two attached hydrogens (primary N) is 1. The van der Waals surface area contributed by atoms with E-state index in [1.807, 2.05) is 6.21 Å². The summed E-state index contributed by atoms with van der Waals surface area (Å²) < 4.78 is 0. The molecule has 11 heteroatoms. The Balaban J connectivity index is 1.30. The van der Waals surface area contributed by atoms with Crippen molar-refractivity contribution >= 4 is 18.5 Å². The van der Waals surface area contributed by atoms with Gasteiger partial charge in [-0.2, -0.15) is 0 Å². The molecule has 53 heavy (non-hydrogen) atoms. The Morgan fingerprint density at radius 2 is 1.85 bits per heavy atom. The predicted octanol–water partition coefficient (Wildman–Crippen LogP) is 2.51. The zero-order valence-electron chi connectivity index (χ0n) is 32.4. The molecular weight excluding hydrogens is 668 g/mol. The fraction of sp³-hybridized carbons (Fsp3) is 0.786. The van der Waals surface area contributed by atoms with Gasteiger partial charge in [-0.25, -0.2) is 4.99 Å². The number of aliphatic imine (C=N–C) groups is 1. The molecule has 1 aromatic rings. The minimum Gasteiger partial charge on any atom is -0.481 e. The normalized spacial score (nSPS) is 38.9. The number of β-amino-alcohol motifs (C(OH)–C–C–N with tert-alkyl or cyclic N) is 1. The number of quaternary nitrogens is 1. The molecule has 4 bridgehead atoms. The number of benzene rings is 1. The molecule has 11 nitrogen and oxygen atoms in total. The van der Waals surface area contributed by atoms with Gasteiger partial charge in [-0.15, -0.1) is 0 Å². The zero-order chi connectivity index (χ0) is 37.6. The van der Waals surface area contributed by atoms with E-state index < -0.39 is 17.7 Å². The van der Waals surface area contributed by atoms with E-state index >= 15 is 0 Å². The van der Waals surface area contributed by atoms with Gasteiger partial charge in [0, 0.05) is 37.0 Å². The van der Waals surface area contributed by atoms with Crippen LogP contribution in [-0.4, -0.2) is 101 Å². The van der Waals surface area contributed by atoms with E-state index in [0.29, 0.717) is 25.2 Å². The second kappa shape index (κ2) is 17.7. The number of carbonyl (C=O) groups excluding carboxylic acids is 1. The third-order valence-electron chi connectivity index (χ3n) is 14.1. The summed E-state index contributed by atoms with van der Waals surface area (Å²) in [7, 11) is 0. The highest BCUT2D eigenvalue weighted by atomic mass is 16.4. The van der Waals surface area contributed by atoms with Gasteiger partial charge < -0.3 is 41.4 Å². The van der Waals surface area contributed by atoms with Crippen LogP contribution in [0.1, 0.15) is 121 Å². The Morgan fingerprint density at radius 3 is 2.57 bits per heavy atom. The van der Waals surface area contributed by atoms with E-state index in [4.69, 9.17) is 5.73 Å². The van der Waals surface area contributed by atoms with Crippen molar-refractivity contribution in [1.82, 2.24) is 16.0 Å². The first-order chi connectivity index (χ1) is 25.4. The van der Waals surface area contributed by atoms with E-state index in [9.17, 15) is 24.9 Å². The SMILES string of the molecule is CC1NC(CC(CC=O)C2CCCC3(CCCC3)CCC(O)(CC(=O)O)CNC3(C)CC(N)NC(Cc4cccc(c4)C2)C3)C([NH+]2CC=NC2)CC1O. The van der Waals surface area contributed by atoms with Gasteiger partial charge in [-0.1, -0.05) is 43.5 Å². The summed E-state index contributed by atoms with van der Waals surface area (Å²) in [6.07, 6.45) is 16.6. The van der Waals surface area contributed by atoms with Gasteiger partial charge in [0.2, 0.25) is 0 Å². The second-order valence-electron chi connectivity index (χ2n) is 18.4. The molecule has 5 aliphatic rings. The van der Waals surface area contributed by atoms with Gasteiger partial charge in [0.15, 0.2) is 6.67 Å². The zero-order valence-corrected chi connectivity index (χ0v) is 32.4. The largest absolute Gasteiger partial charge is 0.481 e. The molecule has 296 valence electrons. The lowest BCUT2D eigenvalue weighted by molar-refractivity contribution is -0.914. The number of nitrogens with one attached hydrogen (secondary N) is 4. The minimum absolute atomic E-state index is 0.00130. The molecule has 0 aromatic heterocycles. The molecule has 1 saturated carbocycles. The number of hydrogen-bond donors (Lipinski definition) is 8. The summed E-state index contributed by atoms with van der Waals surface area (Å²) >= 11 is 0. The van der Waals surface area contributed by atoms with Crippen LogP contribution in [-0.2, 0) is 22.4 Å². The lowest BCUT2D eigenvalue weighted by Crippen LogP contribution is -3.16. The van der Waals surface area contributed by atoms with E-state index in [0.717, 1.165) is 90.1 Å². The van der Waals surface area contributed by atoms with Gasteiger partial charge in [-0.3, -0.25) is 10.1 Å². The first-order valence-electron chi connectivity index (χ1n) is 20.8. The molecule has 0 radical (unpaired) electrons. The van der Waals surface area contributed by atoms with Gasteiger partial charge in [-0.05, 0) is 113 Å². The van der Waals surface area contributed by atoms with Crippen molar-refractivity contribution in [3.63, 3.8) is 0 Å². The number of carboxylic acid groups (broad SMARTS) is 1. The molecule has 0 amide bonds. The number of aliphatic hydroxyl groups is 2.